The highest BCUT2D eigenvalue weighted by atomic mass is 35.5. The number of nitrogens with zero attached hydrogens (tertiary/aromatic N) is 1. The summed E-state index contributed by atoms with van der Waals surface area (Å²) in [6.45, 7) is 2.88. The van der Waals surface area contributed by atoms with Crippen LogP contribution in [0.3, 0.4) is 0 Å². The molecule has 1 saturated heterocycles. The summed E-state index contributed by atoms with van der Waals surface area (Å²) in [5.74, 6) is -0.232. The second kappa shape index (κ2) is 8.85. The van der Waals surface area contributed by atoms with Gasteiger partial charge in [0.2, 0.25) is 5.91 Å². The topological polar surface area (TPSA) is 32.3 Å². The molecule has 0 unspecified atom stereocenters. The number of piperidine rings is 1. The van der Waals surface area contributed by atoms with Crippen molar-refractivity contribution in [3.63, 3.8) is 0 Å². The lowest BCUT2D eigenvalue weighted by Crippen LogP contribution is -2.40. The molecule has 3 nitrogen and oxygen atoms in total. The lowest BCUT2D eigenvalue weighted by Gasteiger charge is -2.31. The fourth-order valence-electron chi connectivity index (χ4n) is 3.23. The monoisotopic (exact) mass is 394 g/mol. The molecule has 1 amide bonds. The Kier molecular flexibility index (Phi) is 6.52. The fraction of sp³-hybridized carbons (Fsp3) is 0.350. The standard InChI is InChI=1S/C20H21Cl2FN2O/c21-18-5-4-15(11-19(18)22)13-25-8-6-16(7-9-25)20(26)24-12-14-2-1-3-17(23)10-14/h1-5,10-11,16H,6-9,12-13H2,(H,24,26). The van der Waals surface area contributed by atoms with E-state index in [-0.39, 0.29) is 17.6 Å². The van der Waals surface area contributed by atoms with Gasteiger partial charge in [0.1, 0.15) is 5.82 Å². The largest absolute Gasteiger partial charge is 0.352 e. The van der Waals surface area contributed by atoms with Gasteiger partial charge in [-0.05, 0) is 61.3 Å². The van der Waals surface area contributed by atoms with Crippen LogP contribution in [0.25, 0.3) is 0 Å². The Bertz CT molecular complexity index is 776. The molecule has 2 aromatic rings. The lowest BCUT2D eigenvalue weighted by molar-refractivity contribution is -0.126. The number of likely N-dealkylation sites (tertiary alicyclic amines) is 1. The highest BCUT2D eigenvalue weighted by molar-refractivity contribution is 6.42. The zero-order valence-electron chi connectivity index (χ0n) is 14.4. The fourth-order valence-corrected chi connectivity index (χ4v) is 3.55. The zero-order chi connectivity index (χ0) is 18.5. The van der Waals surface area contributed by atoms with Crippen molar-refractivity contribution < 1.29 is 9.18 Å². The number of benzene rings is 2. The van der Waals surface area contributed by atoms with Crippen LogP contribution in [0.15, 0.2) is 42.5 Å². The maximum Gasteiger partial charge on any atom is 0.223 e. The highest BCUT2D eigenvalue weighted by Crippen LogP contribution is 2.25. The summed E-state index contributed by atoms with van der Waals surface area (Å²) in [5, 5.41) is 4.04. The minimum atomic E-state index is -0.285. The van der Waals surface area contributed by atoms with Gasteiger partial charge in [-0.2, -0.15) is 0 Å². The molecule has 0 aromatic heterocycles. The smallest absolute Gasteiger partial charge is 0.223 e. The molecule has 1 aliphatic heterocycles. The van der Waals surface area contributed by atoms with Gasteiger partial charge in [-0.1, -0.05) is 41.4 Å². The maximum atomic E-state index is 13.2. The Hall–Kier alpha value is -1.62. The van der Waals surface area contributed by atoms with Crippen LogP contribution in [0, 0.1) is 11.7 Å². The molecule has 1 fully saturated rings. The van der Waals surface area contributed by atoms with Gasteiger partial charge in [-0.3, -0.25) is 9.69 Å². The third-order valence-corrected chi connectivity index (χ3v) is 5.44. The molecule has 0 spiro atoms. The summed E-state index contributed by atoms with van der Waals surface area (Å²) >= 11 is 12.0. The molecule has 0 saturated carbocycles. The molecule has 1 N–H and O–H groups in total. The molecule has 6 heteroatoms. The van der Waals surface area contributed by atoms with Crippen LogP contribution in [-0.4, -0.2) is 23.9 Å². The van der Waals surface area contributed by atoms with Crippen molar-refractivity contribution in [2.24, 2.45) is 5.92 Å². The normalized spacial score (nSPS) is 15.8. The molecule has 0 radical (unpaired) electrons. The SMILES string of the molecule is O=C(NCc1cccc(F)c1)C1CCN(Cc2ccc(Cl)c(Cl)c2)CC1. The number of hydrogen-bond acceptors (Lipinski definition) is 2. The average molecular weight is 395 g/mol. The van der Waals surface area contributed by atoms with Crippen molar-refractivity contribution in [1.82, 2.24) is 10.2 Å². The van der Waals surface area contributed by atoms with Crippen LogP contribution in [0.4, 0.5) is 4.39 Å². The van der Waals surface area contributed by atoms with E-state index in [0.29, 0.717) is 16.6 Å². The van der Waals surface area contributed by atoms with E-state index in [2.05, 4.69) is 10.2 Å². The van der Waals surface area contributed by atoms with Crippen molar-refractivity contribution >= 4 is 29.1 Å². The summed E-state index contributed by atoms with van der Waals surface area (Å²) in [6, 6.07) is 12.0. The van der Waals surface area contributed by atoms with Crippen LogP contribution >= 0.6 is 23.2 Å². The molecule has 138 valence electrons. The Morgan fingerprint density at radius 1 is 1.08 bits per heavy atom. The van der Waals surface area contributed by atoms with Crippen LogP contribution in [-0.2, 0) is 17.9 Å². The molecule has 0 bridgehead atoms. The minimum Gasteiger partial charge on any atom is -0.352 e. The third-order valence-electron chi connectivity index (χ3n) is 4.70. The number of amides is 1. The highest BCUT2D eigenvalue weighted by Gasteiger charge is 2.24. The molecular formula is C20H21Cl2FN2O. The molecular weight excluding hydrogens is 374 g/mol. The lowest BCUT2D eigenvalue weighted by atomic mass is 9.95. The number of carbonyl (C=O) groups is 1. The summed E-state index contributed by atoms with van der Waals surface area (Å²) in [6.07, 6.45) is 1.63. The Morgan fingerprint density at radius 3 is 2.54 bits per heavy atom. The Balaban J connectivity index is 1.45. The average Bonchev–Trinajstić information content (AvgIpc) is 2.63. The number of nitrogens with one attached hydrogen (secondary N) is 1. The van der Waals surface area contributed by atoms with Crippen LogP contribution in [0.5, 0.6) is 0 Å². The third kappa shape index (κ3) is 5.19. The van der Waals surface area contributed by atoms with E-state index in [1.54, 1.807) is 6.07 Å². The van der Waals surface area contributed by atoms with Crippen molar-refractivity contribution in [3.8, 4) is 0 Å². The summed E-state index contributed by atoms with van der Waals surface area (Å²) < 4.78 is 13.2. The van der Waals surface area contributed by atoms with Crippen LogP contribution in [0.2, 0.25) is 10.0 Å². The predicted octanol–water partition coefficient (Wildman–Crippen LogP) is 4.66. The Morgan fingerprint density at radius 2 is 1.85 bits per heavy atom. The van der Waals surface area contributed by atoms with E-state index in [4.69, 9.17) is 23.2 Å². The quantitative estimate of drug-likeness (QED) is 0.799. The van der Waals surface area contributed by atoms with Crippen molar-refractivity contribution in [3.05, 3.63) is 69.5 Å². The molecule has 0 aliphatic carbocycles. The number of halogens is 3. The van der Waals surface area contributed by atoms with Crippen LogP contribution in [0.1, 0.15) is 24.0 Å². The van der Waals surface area contributed by atoms with Gasteiger partial charge < -0.3 is 5.32 Å². The molecule has 26 heavy (non-hydrogen) atoms. The van der Waals surface area contributed by atoms with E-state index in [1.165, 1.54) is 12.1 Å². The molecule has 3 rings (SSSR count). The summed E-state index contributed by atoms with van der Waals surface area (Å²) in [4.78, 5) is 14.7. The van der Waals surface area contributed by atoms with Crippen molar-refractivity contribution in [1.29, 1.82) is 0 Å². The first-order chi connectivity index (χ1) is 12.5. The number of carbonyl (C=O) groups excluding carboxylic acids is 1. The first-order valence-corrected chi connectivity index (χ1v) is 9.45. The molecule has 1 heterocycles. The number of hydrogen-bond donors (Lipinski definition) is 1. The van der Waals surface area contributed by atoms with Crippen molar-refractivity contribution in [2.45, 2.75) is 25.9 Å². The van der Waals surface area contributed by atoms with Gasteiger partial charge >= 0.3 is 0 Å². The van der Waals surface area contributed by atoms with Gasteiger partial charge in [-0.15, -0.1) is 0 Å². The molecule has 2 aromatic carbocycles. The van der Waals surface area contributed by atoms with E-state index in [0.717, 1.165) is 43.6 Å². The molecule has 0 atom stereocenters. The second-order valence-electron chi connectivity index (χ2n) is 6.65. The number of rotatable bonds is 5. The van der Waals surface area contributed by atoms with E-state index in [9.17, 15) is 9.18 Å². The first-order valence-electron chi connectivity index (χ1n) is 8.69. The first kappa shape index (κ1) is 19.2. The van der Waals surface area contributed by atoms with Gasteiger partial charge in [0, 0.05) is 19.0 Å². The van der Waals surface area contributed by atoms with Gasteiger partial charge in [0.15, 0.2) is 0 Å². The van der Waals surface area contributed by atoms with E-state index < -0.39 is 0 Å². The van der Waals surface area contributed by atoms with Crippen LogP contribution < -0.4 is 5.32 Å². The molecule has 1 aliphatic rings. The summed E-state index contributed by atoms with van der Waals surface area (Å²) in [7, 11) is 0. The van der Waals surface area contributed by atoms with Gasteiger partial charge in [0.05, 0.1) is 10.0 Å². The second-order valence-corrected chi connectivity index (χ2v) is 7.46. The van der Waals surface area contributed by atoms with Gasteiger partial charge in [-0.25, -0.2) is 4.39 Å². The van der Waals surface area contributed by atoms with Gasteiger partial charge in [0.25, 0.3) is 0 Å². The summed E-state index contributed by atoms with van der Waals surface area (Å²) in [5.41, 5.74) is 1.89. The Labute approximate surface area is 163 Å². The van der Waals surface area contributed by atoms with Crippen molar-refractivity contribution in [2.75, 3.05) is 13.1 Å². The predicted molar refractivity (Wildman–Crippen MR) is 103 cm³/mol. The van der Waals surface area contributed by atoms with E-state index in [1.807, 2.05) is 24.3 Å². The zero-order valence-corrected chi connectivity index (χ0v) is 15.9. The maximum absolute atomic E-state index is 13.2. The minimum absolute atomic E-state index is 0.00798. The van der Waals surface area contributed by atoms with E-state index >= 15 is 0 Å².